The molecule has 5 nitrogen and oxygen atoms in total. The molecule has 1 aliphatic heterocycles. The molecule has 0 saturated heterocycles. The minimum atomic E-state index is -4.73. The number of fused-ring (bicyclic) bond motifs is 1. The van der Waals surface area contributed by atoms with Crippen LogP contribution in [0.15, 0.2) is 36.4 Å². The van der Waals surface area contributed by atoms with Gasteiger partial charge in [0.1, 0.15) is 0 Å². The van der Waals surface area contributed by atoms with Crippen molar-refractivity contribution in [2.75, 3.05) is 18.0 Å². The minimum absolute atomic E-state index is 0.0557. The quantitative estimate of drug-likeness (QED) is 0.360. The van der Waals surface area contributed by atoms with Crippen LogP contribution in [-0.4, -0.2) is 30.8 Å². The molecule has 0 radical (unpaired) electrons. The second kappa shape index (κ2) is 10.7. The van der Waals surface area contributed by atoms with Crippen molar-refractivity contribution in [3.05, 3.63) is 64.2 Å². The Kier molecular flexibility index (Phi) is 7.79. The molecule has 1 fully saturated rings. The van der Waals surface area contributed by atoms with Gasteiger partial charge < -0.3 is 15.5 Å². The zero-order valence-corrected chi connectivity index (χ0v) is 21.0. The van der Waals surface area contributed by atoms with Crippen LogP contribution in [0.5, 0.6) is 0 Å². The van der Waals surface area contributed by atoms with E-state index in [1.165, 1.54) is 17.9 Å². The minimum Gasteiger partial charge on any atom is -0.339 e. The summed E-state index contributed by atoms with van der Waals surface area (Å²) in [5.74, 6) is 0.606. The predicted molar refractivity (Wildman–Crippen MR) is 133 cm³/mol. The predicted octanol–water partition coefficient (Wildman–Crippen LogP) is 5.24. The molecule has 0 atom stereocenters. The van der Waals surface area contributed by atoms with Gasteiger partial charge in [0, 0.05) is 17.8 Å². The number of alkyl halides is 5. The molecule has 2 N–H and O–H groups in total. The number of hydrogen-bond acceptors (Lipinski definition) is 3. The SMILES string of the molecule is CC#CC(=O)NCC(F)(F)CNCc1cc2c(c(C(F)(F)F)c1)CN(c1cccc(C3CC(C)C3)c1)C2=O. The number of rotatable bonds is 8. The fourth-order valence-corrected chi connectivity index (χ4v) is 4.97. The lowest BCUT2D eigenvalue weighted by Gasteiger charge is -2.33. The molecule has 2 aliphatic rings. The standard InChI is InChI=1S/C28H28F5N3O2/c1-3-5-25(37)35-16-27(29,30)15-34-13-18-10-22-23(24(11-18)28(31,32)33)14-36(26(22)38)21-7-4-6-19(12-21)20-8-17(2)9-20/h4,6-7,10-12,17,20,34H,8-9,13-16H2,1-2H3,(H,35,37). The third-order valence-corrected chi connectivity index (χ3v) is 6.89. The highest BCUT2D eigenvalue weighted by molar-refractivity contribution is 6.10. The van der Waals surface area contributed by atoms with E-state index in [1.807, 2.05) is 17.4 Å². The zero-order valence-electron chi connectivity index (χ0n) is 21.0. The van der Waals surface area contributed by atoms with Crippen LogP contribution >= 0.6 is 0 Å². The molecule has 38 heavy (non-hydrogen) atoms. The summed E-state index contributed by atoms with van der Waals surface area (Å²) in [5, 5.41) is 4.41. The van der Waals surface area contributed by atoms with E-state index in [9.17, 15) is 31.5 Å². The Morgan fingerprint density at radius 1 is 1.11 bits per heavy atom. The van der Waals surface area contributed by atoms with Gasteiger partial charge in [-0.3, -0.25) is 9.59 Å². The summed E-state index contributed by atoms with van der Waals surface area (Å²) in [7, 11) is 0. The van der Waals surface area contributed by atoms with E-state index in [0.717, 1.165) is 24.5 Å². The smallest absolute Gasteiger partial charge is 0.339 e. The summed E-state index contributed by atoms with van der Waals surface area (Å²) < 4.78 is 70.1. The van der Waals surface area contributed by atoms with Crippen molar-refractivity contribution in [3.63, 3.8) is 0 Å². The Balaban J connectivity index is 1.50. The molecule has 0 aromatic heterocycles. The Morgan fingerprint density at radius 3 is 2.50 bits per heavy atom. The second-order valence-corrected chi connectivity index (χ2v) is 9.94. The molecular formula is C28H28F5N3O2. The fourth-order valence-electron chi connectivity index (χ4n) is 4.97. The zero-order chi connectivity index (χ0) is 27.7. The van der Waals surface area contributed by atoms with Gasteiger partial charge in [0.05, 0.1) is 25.2 Å². The van der Waals surface area contributed by atoms with Crippen LogP contribution in [0.25, 0.3) is 0 Å². The summed E-state index contributed by atoms with van der Waals surface area (Å²) >= 11 is 0. The van der Waals surface area contributed by atoms with E-state index in [0.29, 0.717) is 17.5 Å². The van der Waals surface area contributed by atoms with Gasteiger partial charge in [0.2, 0.25) is 0 Å². The van der Waals surface area contributed by atoms with Crippen LogP contribution in [0.1, 0.15) is 65.2 Å². The van der Waals surface area contributed by atoms with Crippen molar-refractivity contribution in [2.45, 2.75) is 57.8 Å². The normalized spacial score (nSPS) is 18.9. The summed E-state index contributed by atoms with van der Waals surface area (Å²) in [6.45, 7) is 1.14. The number of nitrogens with zero attached hydrogens (tertiary/aromatic N) is 1. The van der Waals surface area contributed by atoms with Crippen LogP contribution in [0.4, 0.5) is 27.6 Å². The second-order valence-electron chi connectivity index (χ2n) is 9.94. The number of nitrogens with one attached hydrogen (secondary N) is 2. The van der Waals surface area contributed by atoms with Gasteiger partial charge >= 0.3 is 6.18 Å². The van der Waals surface area contributed by atoms with Gasteiger partial charge in [-0.05, 0) is 78.5 Å². The van der Waals surface area contributed by atoms with Crippen LogP contribution < -0.4 is 15.5 Å². The van der Waals surface area contributed by atoms with Crippen molar-refractivity contribution < 1.29 is 31.5 Å². The maximum Gasteiger partial charge on any atom is 0.416 e. The van der Waals surface area contributed by atoms with Crippen molar-refractivity contribution in [2.24, 2.45) is 5.92 Å². The highest BCUT2D eigenvalue weighted by atomic mass is 19.4. The summed E-state index contributed by atoms with van der Waals surface area (Å²) in [4.78, 5) is 25.9. The maximum atomic E-state index is 14.1. The average Bonchev–Trinajstić information content (AvgIpc) is 3.16. The average molecular weight is 534 g/mol. The number of anilines is 1. The van der Waals surface area contributed by atoms with E-state index in [4.69, 9.17) is 0 Å². The number of carbonyl (C=O) groups is 2. The molecule has 2 amide bonds. The number of halogens is 5. The summed E-state index contributed by atoms with van der Waals surface area (Å²) in [6, 6.07) is 9.57. The molecule has 0 unspecified atom stereocenters. The molecule has 10 heteroatoms. The fraction of sp³-hybridized carbons (Fsp3) is 0.429. The van der Waals surface area contributed by atoms with E-state index < -0.39 is 42.6 Å². The highest BCUT2D eigenvalue weighted by Crippen LogP contribution is 2.43. The Morgan fingerprint density at radius 2 is 1.84 bits per heavy atom. The molecule has 1 aliphatic carbocycles. The number of carbonyl (C=O) groups excluding carboxylic acids is 2. The number of benzene rings is 2. The van der Waals surface area contributed by atoms with Gasteiger partial charge in [0.15, 0.2) is 0 Å². The van der Waals surface area contributed by atoms with Crippen LogP contribution in [0.3, 0.4) is 0 Å². The Bertz CT molecular complexity index is 1290. The van der Waals surface area contributed by atoms with Gasteiger partial charge in [-0.2, -0.15) is 13.2 Å². The largest absolute Gasteiger partial charge is 0.416 e. The third-order valence-electron chi connectivity index (χ3n) is 6.89. The lowest BCUT2D eigenvalue weighted by atomic mass is 9.72. The first-order valence-corrected chi connectivity index (χ1v) is 12.3. The lowest BCUT2D eigenvalue weighted by Crippen LogP contribution is -2.43. The number of hydrogen-bond donors (Lipinski definition) is 2. The van der Waals surface area contributed by atoms with Gasteiger partial charge in [-0.15, -0.1) is 0 Å². The first-order chi connectivity index (χ1) is 17.9. The van der Waals surface area contributed by atoms with Crippen LogP contribution in [-0.2, 0) is 24.1 Å². The molecule has 2 aromatic carbocycles. The monoisotopic (exact) mass is 533 g/mol. The molecule has 4 rings (SSSR count). The van der Waals surface area contributed by atoms with E-state index in [2.05, 4.69) is 24.1 Å². The van der Waals surface area contributed by atoms with Crippen LogP contribution in [0, 0.1) is 17.8 Å². The topological polar surface area (TPSA) is 61.4 Å². The van der Waals surface area contributed by atoms with Crippen LogP contribution in [0.2, 0.25) is 0 Å². The van der Waals surface area contributed by atoms with Crippen molar-refractivity contribution >= 4 is 17.5 Å². The van der Waals surface area contributed by atoms with E-state index >= 15 is 0 Å². The van der Waals surface area contributed by atoms with Gasteiger partial charge in [0.25, 0.3) is 17.7 Å². The number of amides is 2. The maximum absolute atomic E-state index is 14.1. The van der Waals surface area contributed by atoms with Gasteiger partial charge in [-0.25, -0.2) is 8.78 Å². The highest BCUT2D eigenvalue weighted by Gasteiger charge is 2.41. The molecular weight excluding hydrogens is 505 g/mol. The summed E-state index contributed by atoms with van der Waals surface area (Å²) in [5.41, 5.74) is 0.481. The Labute approximate surface area is 217 Å². The third kappa shape index (κ3) is 6.16. The van der Waals surface area contributed by atoms with E-state index in [1.54, 1.807) is 12.1 Å². The summed E-state index contributed by atoms with van der Waals surface area (Å²) in [6.07, 6.45) is -2.66. The lowest BCUT2D eigenvalue weighted by molar-refractivity contribution is -0.138. The molecule has 202 valence electrons. The molecule has 1 saturated carbocycles. The van der Waals surface area contributed by atoms with Crippen molar-refractivity contribution in [1.29, 1.82) is 0 Å². The van der Waals surface area contributed by atoms with E-state index in [-0.39, 0.29) is 29.8 Å². The molecule has 1 heterocycles. The first-order valence-electron chi connectivity index (χ1n) is 12.3. The van der Waals surface area contributed by atoms with Gasteiger partial charge in [-0.1, -0.05) is 25.0 Å². The molecule has 0 bridgehead atoms. The molecule has 0 spiro atoms. The van der Waals surface area contributed by atoms with Crippen molar-refractivity contribution in [3.8, 4) is 11.8 Å². The van der Waals surface area contributed by atoms with Crippen molar-refractivity contribution in [1.82, 2.24) is 10.6 Å². The Hall–Kier alpha value is -3.45. The first kappa shape index (κ1) is 27.6. The molecule has 2 aromatic rings.